The van der Waals surface area contributed by atoms with Crippen LogP contribution < -0.4 is 11.2 Å². The average Bonchev–Trinajstić information content (AvgIpc) is 3.17. The highest BCUT2D eigenvalue weighted by atomic mass is 16.6. The number of benzene rings is 6. The van der Waals surface area contributed by atoms with E-state index in [0.29, 0.717) is 33.4 Å². The largest absolute Gasteiger partial charge is 0.350 e. The van der Waals surface area contributed by atoms with Crippen LogP contribution in [-0.4, -0.2) is 14.1 Å². The molecule has 49 heavy (non-hydrogen) atoms. The third kappa shape index (κ3) is 5.00. The summed E-state index contributed by atoms with van der Waals surface area (Å²) in [5.41, 5.74) is -1.74. The van der Waals surface area contributed by atoms with Crippen LogP contribution in [0.4, 0.5) is 5.69 Å². The van der Waals surface area contributed by atoms with Crippen molar-refractivity contribution in [2.45, 2.75) is 11.1 Å². The van der Waals surface area contributed by atoms with Gasteiger partial charge in [-0.25, -0.2) is 9.36 Å². The van der Waals surface area contributed by atoms with Gasteiger partial charge in [0.05, 0.1) is 11.1 Å². The summed E-state index contributed by atoms with van der Waals surface area (Å²) in [6, 6.07) is 55.8. The molecule has 0 aliphatic heterocycles. The van der Waals surface area contributed by atoms with Crippen molar-refractivity contribution in [1.29, 1.82) is 0 Å². The smallest absolute Gasteiger partial charge is 0.275 e. The van der Waals surface area contributed by atoms with Crippen LogP contribution in [0, 0.1) is 10.1 Å². The van der Waals surface area contributed by atoms with E-state index in [9.17, 15) is 14.9 Å². The Bertz CT molecular complexity index is 2130. The summed E-state index contributed by atoms with van der Waals surface area (Å²) in [5, 5.41) is 13.0. The fourth-order valence-electron chi connectivity index (χ4n) is 7.08. The molecule has 7 nitrogen and oxygen atoms in total. The van der Waals surface area contributed by atoms with Crippen molar-refractivity contribution >= 4 is 5.69 Å². The fourth-order valence-corrected chi connectivity index (χ4v) is 7.08. The third-order valence-corrected chi connectivity index (χ3v) is 9.11. The van der Waals surface area contributed by atoms with E-state index in [2.05, 4.69) is 0 Å². The molecular formula is C42H31N3O4. The second-order valence-corrected chi connectivity index (χ2v) is 11.7. The monoisotopic (exact) mass is 641 g/mol. The topological polar surface area (TPSA) is 87.1 Å². The highest BCUT2D eigenvalue weighted by Crippen LogP contribution is 2.42. The van der Waals surface area contributed by atoms with E-state index in [1.54, 1.807) is 0 Å². The lowest BCUT2D eigenvalue weighted by Crippen LogP contribution is -2.57. The summed E-state index contributed by atoms with van der Waals surface area (Å²) < 4.78 is 2.45. The SMILES string of the molecule is O=c1c([N+](=O)[O-])cn(C(c2ccccc2)(c2ccccc2)c2ccccc2)c(=O)n1C(c1ccccc1)(c1ccccc1)c1ccccc1. The van der Waals surface area contributed by atoms with Crippen molar-refractivity contribution in [2.24, 2.45) is 0 Å². The zero-order chi connectivity index (χ0) is 33.8. The second-order valence-electron chi connectivity index (χ2n) is 11.7. The molecule has 0 fully saturated rings. The number of hydrogen-bond donors (Lipinski definition) is 0. The van der Waals surface area contributed by atoms with Gasteiger partial charge in [0.25, 0.3) is 0 Å². The van der Waals surface area contributed by atoms with Crippen molar-refractivity contribution in [1.82, 2.24) is 9.13 Å². The van der Waals surface area contributed by atoms with Crippen molar-refractivity contribution < 1.29 is 4.92 Å². The Balaban J connectivity index is 1.76. The summed E-state index contributed by atoms with van der Waals surface area (Å²) >= 11 is 0. The Labute approximate surface area is 282 Å². The van der Waals surface area contributed by atoms with Crippen molar-refractivity contribution in [3.63, 3.8) is 0 Å². The van der Waals surface area contributed by atoms with E-state index in [-0.39, 0.29) is 0 Å². The van der Waals surface area contributed by atoms with Crippen molar-refractivity contribution in [3.05, 3.63) is 253 Å². The van der Waals surface area contributed by atoms with Crippen molar-refractivity contribution in [3.8, 4) is 0 Å². The lowest BCUT2D eigenvalue weighted by atomic mass is 9.75. The minimum atomic E-state index is -1.61. The summed E-state index contributed by atoms with van der Waals surface area (Å²) in [6.07, 6.45) is 1.11. The lowest BCUT2D eigenvalue weighted by Gasteiger charge is -2.41. The number of aromatic nitrogens is 2. The quantitative estimate of drug-likeness (QED) is 0.0923. The third-order valence-electron chi connectivity index (χ3n) is 9.11. The normalized spacial score (nSPS) is 11.6. The standard InChI is InChI=1S/C42H31N3O4/c46-39-38(45(48)49)31-43(41(32-19-7-1-8-20-32,33-21-9-2-10-22-33)34-23-11-3-12-24-34)40(47)44(39)42(35-25-13-4-14-26-35,36-27-15-5-16-28-36)37-29-17-6-18-30-37/h1-31H. The molecule has 0 atom stereocenters. The van der Waals surface area contributed by atoms with E-state index in [4.69, 9.17) is 0 Å². The zero-order valence-electron chi connectivity index (χ0n) is 26.4. The Morgan fingerprint density at radius 2 is 0.694 bits per heavy atom. The number of hydrogen-bond acceptors (Lipinski definition) is 4. The number of rotatable bonds is 9. The molecule has 1 heterocycles. The van der Waals surface area contributed by atoms with Gasteiger partial charge in [-0.15, -0.1) is 0 Å². The molecule has 0 bridgehead atoms. The molecule has 6 aromatic carbocycles. The highest BCUT2D eigenvalue weighted by Gasteiger charge is 2.47. The van der Waals surface area contributed by atoms with E-state index >= 15 is 4.79 Å². The molecular weight excluding hydrogens is 610 g/mol. The molecule has 0 spiro atoms. The van der Waals surface area contributed by atoms with Crippen LogP contribution in [0.1, 0.15) is 33.4 Å². The van der Waals surface area contributed by atoms with Gasteiger partial charge in [-0.2, -0.15) is 0 Å². The molecule has 0 N–H and O–H groups in total. The van der Waals surface area contributed by atoms with Crippen LogP contribution in [-0.2, 0) is 11.1 Å². The van der Waals surface area contributed by atoms with Crippen LogP contribution in [0.15, 0.2) is 198 Å². The zero-order valence-corrected chi connectivity index (χ0v) is 26.4. The Morgan fingerprint density at radius 1 is 0.429 bits per heavy atom. The predicted molar refractivity (Wildman–Crippen MR) is 191 cm³/mol. The molecule has 0 amide bonds. The summed E-state index contributed by atoms with van der Waals surface area (Å²) in [4.78, 5) is 42.9. The van der Waals surface area contributed by atoms with Crippen LogP contribution in [0.25, 0.3) is 0 Å². The van der Waals surface area contributed by atoms with Crippen LogP contribution >= 0.6 is 0 Å². The summed E-state index contributed by atoms with van der Waals surface area (Å²) in [5.74, 6) is 0. The Kier molecular flexibility index (Phi) is 8.16. The minimum Gasteiger partial charge on any atom is -0.275 e. The van der Waals surface area contributed by atoms with E-state index < -0.39 is 32.9 Å². The second kappa shape index (κ2) is 12.9. The van der Waals surface area contributed by atoms with Crippen LogP contribution in [0.3, 0.4) is 0 Å². The number of nitrogens with zero attached hydrogens (tertiary/aromatic N) is 3. The molecule has 0 saturated heterocycles. The molecule has 238 valence electrons. The average molecular weight is 642 g/mol. The molecule has 7 aromatic rings. The van der Waals surface area contributed by atoms with E-state index in [1.165, 1.54) is 4.57 Å². The molecule has 1 aromatic heterocycles. The van der Waals surface area contributed by atoms with Gasteiger partial charge in [0.2, 0.25) is 0 Å². The summed E-state index contributed by atoms with van der Waals surface area (Å²) in [6.45, 7) is 0. The van der Waals surface area contributed by atoms with Gasteiger partial charge in [0.1, 0.15) is 11.1 Å². The molecule has 0 aliphatic carbocycles. The van der Waals surface area contributed by atoms with Crippen LogP contribution in [0.5, 0.6) is 0 Å². The first-order valence-corrected chi connectivity index (χ1v) is 15.9. The first-order valence-electron chi connectivity index (χ1n) is 15.9. The molecule has 7 heteroatoms. The van der Waals surface area contributed by atoms with Gasteiger partial charge >= 0.3 is 16.9 Å². The first-order chi connectivity index (χ1) is 24.0. The maximum Gasteiger partial charge on any atom is 0.350 e. The van der Waals surface area contributed by atoms with Crippen molar-refractivity contribution in [2.75, 3.05) is 0 Å². The first kappa shape index (κ1) is 31.0. The summed E-state index contributed by atoms with van der Waals surface area (Å²) in [7, 11) is 0. The Morgan fingerprint density at radius 3 is 0.959 bits per heavy atom. The van der Waals surface area contributed by atoms with Gasteiger partial charge in [-0.3, -0.25) is 19.5 Å². The van der Waals surface area contributed by atoms with Gasteiger partial charge in [0.15, 0.2) is 0 Å². The molecule has 0 saturated carbocycles. The van der Waals surface area contributed by atoms with E-state index in [1.807, 2.05) is 182 Å². The van der Waals surface area contributed by atoms with Gasteiger partial charge in [-0.05, 0) is 33.4 Å². The molecule has 0 unspecified atom stereocenters. The minimum absolute atomic E-state index is 0.586. The maximum atomic E-state index is 15.8. The van der Waals surface area contributed by atoms with Gasteiger partial charge in [-0.1, -0.05) is 182 Å². The number of nitro groups is 1. The maximum absolute atomic E-state index is 15.8. The highest BCUT2D eigenvalue weighted by molar-refractivity contribution is 5.54. The molecule has 0 aliphatic rings. The molecule has 7 rings (SSSR count). The van der Waals surface area contributed by atoms with E-state index in [0.717, 1.165) is 10.8 Å². The van der Waals surface area contributed by atoms with Gasteiger partial charge in [0, 0.05) is 0 Å². The van der Waals surface area contributed by atoms with Gasteiger partial charge < -0.3 is 0 Å². The van der Waals surface area contributed by atoms with Crippen LogP contribution in [0.2, 0.25) is 0 Å². The predicted octanol–water partition coefficient (Wildman–Crippen LogP) is 7.60. The lowest BCUT2D eigenvalue weighted by molar-refractivity contribution is -0.387. The molecule has 0 radical (unpaired) electrons. The Hall–Kier alpha value is -6.60. The fraction of sp³-hybridized carbons (Fsp3) is 0.0476.